The van der Waals surface area contributed by atoms with Crippen LogP contribution in [0.5, 0.6) is 5.75 Å². The summed E-state index contributed by atoms with van der Waals surface area (Å²) < 4.78 is 5.13. The van der Waals surface area contributed by atoms with Crippen molar-refractivity contribution in [3.63, 3.8) is 0 Å². The highest BCUT2D eigenvalue weighted by atomic mass is 16.5. The zero-order valence-corrected chi connectivity index (χ0v) is 12.2. The molecule has 0 spiro atoms. The molecule has 0 atom stereocenters. The summed E-state index contributed by atoms with van der Waals surface area (Å²) in [5, 5.41) is 9.13. The number of allylic oxidation sites excluding steroid dienone is 4. The maximum atomic E-state index is 5.13. The summed E-state index contributed by atoms with van der Waals surface area (Å²) in [7, 11) is 5.39. The Morgan fingerprint density at radius 1 is 1.35 bits per heavy atom. The summed E-state index contributed by atoms with van der Waals surface area (Å²) >= 11 is 0. The molecule has 0 amide bonds. The molecule has 1 aromatic rings. The minimum atomic E-state index is 0.829. The van der Waals surface area contributed by atoms with E-state index in [9.17, 15) is 0 Å². The number of nitrogens with one attached hydrogen (secondary N) is 1. The molecule has 0 aromatic heterocycles. The van der Waals surface area contributed by atoms with E-state index in [1.807, 2.05) is 56.7 Å². The van der Waals surface area contributed by atoms with Crippen LogP contribution in [0.4, 0.5) is 5.69 Å². The first-order chi connectivity index (χ1) is 9.71. The van der Waals surface area contributed by atoms with Crippen LogP contribution in [0, 0.1) is 0 Å². The molecule has 4 heteroatoms. The van der Waals surface area contributed by atoms with Crippen molar-refractivity contribution in [2.24, 2.45) is 5.10 Å². The normalized spacial score (nSPS) is 11.8. The lowest BCUT2D eigenvalue weighted by Gasteiger charge is -2.13. The topological polar surface area (TPSA) is 36.9 Å². The Morgan fingerprint density at radius 3 is 2.60 bits per heavy atom. The van der Waals surface area contributed by atoms with Gasteiger partial charge in [0, 0.05) is 14.1 Å². The van der Waals surface area contributed by atoms with E-state index in [1.165, 1.54) is 0 Å². The number of methoxy groups -OCH3 is 1. The Labute approximate surface area is 120 Å². The van der Waals surface area contributed by atoms with Crippen molar-refractivity contribution in [1.29, 1.82) is 0 Å². The molecule has 1 aromatic carbocycles. The van der Waals surface area contributed by atoms with Gasteiger partial charge in [0.05, 0.1) is 19.0 Å². The molecule has 4 nitrogen and oxygen atoms in total. The number of benzene rings is 1. The van der Waals surface area contributed by atoms with Crippen LogP contribution in [0.15, 0.2) is 65.9 Å². The van der Waals surface area contributed by atoms with Crippen molar-refractivity contribution in [3.8, 4) is 5.75 Å². The molecule has 1 rings (SSSR count). The molecular formula is C16H21N3O. The van der Waals surface area contributed by atoms with Gasteiger partial charge in [-0.15, -0.1) is 0 Å². The van der Waals surface area contributed by atoms with E-state index in [4.69, 9.17) is 4.74 Å². The predicted octanol–water partition coefficient (Wildman–Crippen LogP) is 2.96. The second kappa shape index (κ2) is 8.58. The Bertz CT molecular complexity index is 501. The summed E-state index contributed by atoms with van der Waals surface area (Å²) in [6.45, 7) is 3.69. The Morgan fingerprint density at radius 2 is 2.05 bits per heavy atom. The third kappa shape index (κ3) is 5.02. The Hall–Kier alpha value is -2.49. The van der Waals surface area contributed by atoms with Crippen LogP contribution in [0.2, 0.25) is 0 Å². The highest BCUT2D eigenvalue weighted by Gasteiger charge is 1.98. The molecule has 0 saturated carbocycles. The highest BCUT2D eigenvalue weighted by molar-refractivity contribution is 5.83. The first kappa shape index (κ1) is 15.6. The zero-order chi connectivity index (χ0) is 14.8. The van der Waals surface area contributed by atoms with Crippen LogP contribution < -0.4 is 15.1 Å². The van der Waals surface area contributed by atoms with E-state index in [-0.39, 0.29) is 0 Å². The summed E-state index contributed by atoms with van der Waals surface area (Å²) in [6.07, 6.45) is 9.16. The third-order valence-corrected chi connectivity index (χ3v) is 2.58. The number of hydrogen-bond donors (Lipinski definition) is 1. The van der Waals surface area contributed by atoms with Crippen LogP contribution in [0.1, 0.15) is 0 Å². The number of ether oxygens (including phenoxy) is 1. The predicted molar refractivity (Wildman–Crippen MR) is 86.4 cm³/mol. The molecule has 0 aliphatic carbocycles. The number of anilines is 1. The molecule has 106 valence electrons. The second-order valence-electron chi connectivity index (χ2n) is 3.99. The molecule has 0 radical (unpaired) electrons. The average Bonchev–Trinajstić information content (AvgIpc) is 2.49. The van der Waals surface area contributed by atoms with Crippen molar-refractivity contribution in [2.75, 3.05) is 26.2 Å². The first-order valence-electron chi connectivity index (χ1n) is 6.29. The van der Waals surface area contributed by atoms with Gasteiger partial charge < -0.3 is 10.1 Å². The molecule has 0 unspecified atom stereocenters. The highest BCUT2D eigenvalue weighted by Crippen LogP contribution is 2.18. The average molecular weight is 271 g/mol. The van der Waals surface area contributed by atoms with Gasteiger partial charge in [0.2, 0.25) is 0 Å². The van der Waals surface area contributed by atoms with Crippen LogP contribution >= 0.6 is 0 Å². The second-order valence-corrected chi connectivity index (χ2v) is 3.99. The largest absolute Gasteiger partial charge is 0.497 e. The van der Waals surface area contributed by atoms with Crippen LogP contribution in [0.3, 0.4) is 0 Å². The van der Waals surface area contributed by atoms with Crippen LogP contribution in [-0.2, 0) is 0 Å². The molecule has 0 heterocycles. The molecule has 0 aliphatic rings. The van der Waals surface area contributed by atoms with Gasteiger partial charge >= 0.3 is 0 Å². The van der Waals surface area contributed by atoms with Gasteiger partial charge in [-0.25, -0.2) is 0 Å². The summed E-state index contributed by atoms with van der Waals surface area (Å²) in [4.78, 5) is 0. The maximum Gasteiger partial charge on any atom is 0.119 e. The van der Waals surface area contributed by atoms with E-state index >= 15 is 0 Å². The lowest BCUT2D eigenvalue weighted by Crippen LogP contribution is -2.08. The number of hydrogen-bond acceptors (Lipinski definition) is 4. The lowest BCUT2D eigenvalue weighted by atomic mass is 10.2. The van der Waals surface area contributed by atoms with E-state index < -0.39 is 0 Å². The van der Waals surface area contributed by atoms with E-state index in [2.05, 4.69) is 17.0 Å². The standard InChI is InChI=1S/C16H21N3O/c1-5-6-14(11-12-17-2)13-18-19(3)15-7-9-16(20-4)10-8-15/h5-13,17H,1H2,2-4H3/b12-11-,14-6+,18-13+. The van der Waals surface area contributed by atoms with Gasteiger partial charge in [-0.1, -0.05) is 18.7 Å². The molecule has 0 aliphatic heterocycles. The summed E-state index contributed by atoms with van der Waals surface area (Å²) in [6, 6.07) is 7.72. The van der Waals surface area contributed by atoms with Crippen LogP contribution in [-0.4, -0.2) is 27.4 Å². The first-order valence-corrected chi connectivity index (χ1v) is 6.29. The van der Waals surface area contributed by atoms with Gasteiger partial charge in [-0.05, 0) is 42.1 Å². The molecule has 0 fully saturated rings. The fourth-order valence-electron chi connectivity index (χ4n) is 1.48. The van der Waals surface area contributed by atoms with Crippen molar-refractivity contribution >= 4 is 11.9 Å². The van der Waals surface area contributed by atoms with E-state index in [0.717, 1.165) is 17.0 Å². The van der Waals surface area contributed by atoms with Crippen molar-refractivity contribution in [2.45, 2.75) is 0 Å². The van der Waals surface area contributed by atoms with Crippen molar-refractivity contribution in [1.82, 2.24) is 5.32 Å². The Kier molecular flexibility index (Phi) is 6.68. The maximum absolute atomic E-state index is 5.13. The molecule has 20 heavy (non-hydrogen) atoms. The van der Waals surface area contributed by atoms with Gasteiger partial charge in [-0.3, -0.25) is 5.01 Å². The molecule has 0 bridgehead atoms. The van der Waals surface area contributed by atoms with Gasteiger partial charge in [0.25, 0.3) is 0 Å². The van der Waals surface area contributed by atoms with E-state index in [0.29, 0.717) is 0 Å². The SMILES string of the molecule is C=C/C=C(\C=C/NC)/C=N/N(C)c1ccc(OC)cc1. The molecule has 0 saturated heterocycles. The summed E-state index contributed by atoms with van der Waals surface area (Å²) in [5.74, 6) is 0.829. The van der Waals surface area contributed by atoms with Gasteiger partial charge in [0.15, 0.2) is 0 Å². The minimum Gasteiger partial charge on any atom is -0.497 e. The Balaban J connectivity index is 2.78. The monoisotopic (exact) mass is 271 g/mol. The van der Waals surface area contributed by atoms with Crippen LogP contribution in [0.25, 0.3) is 0 Å². The van der Waals surface area contributed by atoms with Gasteiger partial charge in [-0.2, -0.15) is 5.10 Å². The minimum absolute atomic E-state index is 0.829. The number of hydrazone groups is 1. The van der Waals surface area contributed by atoms with Crippen molar-refractivity contribution in [3.05, 3.63) is 60.8 Å². The number of nitrogens with zero attached hydrogens (tertiary/aromatic N) is 2. The quantitative estimate of drug-likeness (QED) is 0.470. The summed E-state index contributed by atoms with van der Waals surface area (Å²) in [5.41, 5.74) is 1.94. The van der Waals surface area contributed by atoms with Gasteiger partial charge in [0.1, 0.15) is 5.75 Å². The molecular weight excluding hydrogens is 250 g/mol. The van der Waals surface area contributed by atoms with Crippen molar-refractivity contribution < 1.29 is 4.74 Å². The van der Waals surface area contributed by atoms with E-state index in [1.54, 1.807) is 24.4 Å². The molecule has 1 N–H and O–H groups in total. The number of rotatable bonds is 7. The third-order valence-electron chi connectivity index (χ3n) is 2.58. The fraction of sp³-hybridized carbons (Fsp3) is 0.188. The smallest absolute Gasteiger partial charge is 0.119 e. The zero-order valence-electron chi connectivity index (χ0n) is 12.2. The fourth-order valence-corrected chi connectivity index (χ4v) is 1.48. The lowest BCUT2D eigenvalue weighted by molar-refractivity contribution is 0.415.